The molecule has 4 nitrogen and oxygen atoms in total. The molecule has 0 bridgehead atoms. The Morgan fingerprint density at radius 1 is 1.19 bits per heavy atom. The number of nitrogens with zero attached hydrogens (tertiary/aromatic N) is 2. The summed E-state index contributed by atoms with van der Waals surface area (Å²) in [5.74, 6) is 0. The molecule has 1 saturated heterocycles. The van der Waals surface area contributed by atoms with Gasteiger partial charge in [-0.2, -0.15) is 5.10 Å². The van der Waals surface area contributed by atoms with Crippen molar-refractivity contribution in [2.24, 2.45) is 7.05 Å². The Balaban J connectivity index is 0.00000128. The molecule has 1 aromatic rings. The summed E-state index contributed by atoms with van der Waals surface area (Å²) in [6.45, 7) is 8.18. The molecule has 0 amide bonds. The molecule has 90 valence electrons. The molecule has 1 aliphatic rings. The van der Waals surface area contributed by atoms with E-state index in [2.05, 4.69) is 5.10 Å². The largest absolute Gasteiger partial charge is 0.498 e. The van der Waals surface area contributed by atoms with Crippen molar-refractivity contribution < 1.29 is 9.31 Å². The van der Waals surface area contributed by atoms with Crippen molar-refractivity contribution in [2.45, 2.75) is 46.3 Å². The van der Waals surface area contributed by atoms with E-state index in [1.807, 2.05) is 40.9 Å². The van der Waals surface area contributed by atoms with Gasteiger partial charge >= 0.3 is 7.12 Å². The van der Waals surface area contributed by atoms with Gasteiger partial charge in [0.2, 0.25) is 0 Å². The van der Waals surface area contributed by atoms with Crippen LogP contribution >= 0.6 is 0 Å². The van der Waals surface area contributed by atoms with Crippen molar-refractivity contribution in [1.82, 2.24) is 9.78 Å². The maximum Gasteiger partial charge on any atom is 0.498 e. The Morgan fingerprint density at radius 2 is 1.69 bits per heavy atom. The van der Waals surface area contributed by atoms with E-state index in [0.717, 1.165) is 5.46 Å². The summed E-state index contributed by atoms with van der Waals surface area (Å²) in [4.78, 5) is 0. The molecule has 2 rings (SSSR count). The van der Waals surface area contributed by atoms with Crippen molar-refractivity contribution in [2.75, 3.05) is 0 Å². The van der Waals surface area contributed by atoms with Gasteiger partial charge in [-0.3, -0.25) is 4.68 Å². The average Bonchev–Trinajstić information content (AvgIpc) is 2.56. The molecule has 1 aliphatic heterocycles. The summed E-state index contributed by atoms with van der Waals surface area (Å²) in [5.41, 5.74) is 0.400. The van der Waals surface area contributed by atoms with E-state index in [4.69, 9.17) is 9.31 Å². The van der Waals surface area contributed by atoms with Crippen LogP contribution in [0, 0.1) is 0 Å². The molecule has 0 spiro atoms. The fourth-order valence-corrected chi connectivity index (χ4v) is 1.54. The van der Waals surface area contributed by atoms with Crippen molar-refractivity contribution >= 4 is 12.6 Å². The monoisotopic (exact) mass is 224 g/mol. The summed E-state index contributed by atoms with van der Waals surface area (Å²) in [6, 6.07) is 0. The SMILES string of the molecule is C.Cn1cc(B2OC(C)(C)C(C)(C)O2)cn1. The predicted molar refractivity (Wildman–Crippen MR) is 65.7 cm³/mol. The first kappa shape index (κ1) is 13.3. The molecule has 0 aliphatic carbocycles. The van der Waals surface area contributed by atoms with Crippen molar-refractivity contribution in [1.29, 1.82) is 0 Å². The van der Waals surface area contributed by atoms with Crippen LogP contribution in [-0.2, 0) is 16.4 Å². The average molecular weight is 224 g/mol. The molecule has 16 heavy (non-hydrogen) atoms. The van der Waals surface area contributed by atoms with Crippen molar-refractivity contribution in [3.8, 4) is 0 Å². The van der Waals surface area contributed by atoms with E-state index < -0.39 is 0 Å². The maximum atomic E-state index is 5.89. The number of aryl methyl sites for hydroxylation is 1. The highest BCUT2D eigenvalue weighted by Gasteiger charge is 2.52. The second-order valence-electron chi connectivity index (χ2n) is 5.04. The lowest BCUT2D eigenvalue weighted by atomic mass is 9.82. The van der Waals surface area contributed by atoms with Crippen LogP contribution < -0.4 is 5.46 Å². The molecule has 2 heterocycles. The summed E-state index contributed by atoms with van der Waals surface area (Å²) < 4.78 is 13.5. The number of hydrogen-bond acceptors (Lipinski definition) is 3. The van der Waals surface area contributed by atoms with Crippen LogP contribution in [-0.4, -0.2) is 28.1 Å². The minimum atomic E-state index is -0.302. The van der Waals surface area contributed by atoms with Crippen LogP contribution in [0.3, 0.4) is 0 Å². The summed E-state index contributed by atoms with van der Waals surface area (Å²) in [5, 5.41) is 4.11. The lowest BCUT2D eigenvalue weighted by Crippen LogP contribution is -2.41. The molecule has 0 atom stereocenters. The highest BCUT2D eigenvalue weighted by molar-refractivity contribution is 6.61. The first-order valence-corrected chi connectivity index (χ1v) is 5.16. The topological polar surface area (TPSA) is 36.3 Å². The lowest BCUT2D eigenvalue weighted by Gasteiger charge is -2.32. The van der Waals surface area contributed by atoms with Crippen molar-refractivity contribution in [3.63, 3.8) is 0 Å². The molecule has 1 aromatic heterocycles. The first-order valence-electron chi connectivity index (χ1n) is 5.16. The van der Waals surface area contributed by atoms with Gasteiger partial charge in [-0.05, 0) is 27.7 Å². The predicted octanol–water partition coefficient (Wildman–Crippen LogP) is 1.36. The Morgan fingerprint density at radius 3 is 2.06 bits per heavy atom. The minimum Gasteiger partial charge on any atom is -0.399 e. The Bertz CT molecular complexity index is 358. The van der Waals surface area contributed by atoms with Gasteiger partial charge in [0.05, 0.1) is 11.2 Å². The van der Waals surface area contributed by atoms with Crippen LogP contribution in [0.15, 0.2) is 12.4 Å². The lowest BCUT2D eigenvalue weighted by molar-refractivity contribution is 0.00578. The Kier molecular flexibility index (Phi) is 3.23. The zero-order valence-electron chi connectivity index (χ0n) is 9.94. The second-order valence-corrected chi connectivity index (χ2v) is 5.04. The molecule has 0 N–H and O–H groups in total. The zero-order chi connectivity index (χ0) is 11.3. The first-order chi connectivity index (χ1) is 6.82. The van der Waals surface area contributed by atoms with E-state index in [1.165, 1.54) is 0 Å². The van der Waals surface area contributed by atoms with Crippen LogP contribution in [0.1, 0.15) is 35.1 Å². The van der Waals surface area contributed by atoms with Crippen LogP contribution in [0.25, 0.3) is 0 Å². The van der Waals surface area contributed by atoms with Gasteiger partial charge in [0.25, 0.3) is 0 Å². The van der Waals surface area contributed by atoms with Gasteiger partial charge in [0, 0.05) is 24.9 Å². The quantitative estimate of drug-likeness (QED) is 0.675. The summed E-state index contributed by atoms with van der Waals surface area (Å²) >= 11 is 0. The van der Waals surface area contributed by atoms with E-state index in [0.29, 0.717) is 0 Å². The number of rotatable bonds is 1. The zero-order valence-corrected chi connectivity index (χ0v) is 9.94. The van der Waals surface area contributed by atoms with E-state index in [1.54, 1.807) is 10.9 Å². The van der Waals surface area contributed by atoms with Crippen LogP contribution in [0.5, 0.6) is 0 Å². The maximum absolute atomic E-state index is 5.89. The van der Waals surface area contributed by atoms with Gasteiger partial charge in [0.15, 0.2) is 0 Å². The highest BCUT2D eigenvalue weighted by Crippen LogP contribution is 2.36. The highest BCUT2D eigenvalue weighted by atomic mass is 16.7. The van der Waals surface area contributed by atoms with Gasteiger partial charge in [0.1, 0.15) is 0 Å². The Labute approximate surface area is 98.1 Å². The molecular weight excluding hydrogens is 203 g/mol. The normalized spacial score (nSPS) is 21.9. The molecule has 5 heteroatoms. The molecule has 1 fully saturated rings. The minimum absolute atomic E-state index is 0. The smallest absolute Gasteiger partial charge is 0.399 e. The third-order valence-corrected chi connectivity index (χ3v) is 3.25. The molecule has 0 unspecified atom stereocenters. The van der Waals surface area contributed by atoms with E-state index in [-0.39, 0.29) is 25.7 Å². The second kappa shape index (κ2) is 3.89. The van der Waals surface area contributed by atoms with Gasteiger partial charge in [-0.25, -0.2) is 0 Å². The van der Waals surface area contributed by atoms with E-state index >= 15 is 0 Å². The molecular formula is C11H21BN2O2. The summed E-state index contributed by atoms with van der Waals surface area (Å²) in [7, 11) is 1.58. The van der Waals surface area contributed by atoms with Crippen molar-refractivity contribution in [3.05, 3.63) is 12.4 Å². The van der Waals surface area contributed by atoms with E-state index in [9.17, 15) is 0 Å². The standard InChI is InChI=1S/C10H17BN2O2.CH4/c1-9(2)10(3,4)15-11(14-9)8-6-12-13(5)7-8;/h6-7H,1-5H3;1H4. The van der Waals surface area contributed by atoms with Gasteiger partial charge in [-0.1, -0.05) is 7.43 Å². The summed E-state index contributed by atoms with van der Waals surface area (Å²) in [6.07, 6.45) is 3.70. The molecule has 0 saturated carbocycles. The fraction of sp³-hybridized carbons (Fsp3) is 0.727. The molecule has 0 radical (unpaired) electrons. The van der Waals surface area contributed by atoms with Gasteiger partial charge in [-0.15, -0.1) is 0 Å². The third kappa shape index (κ3) is 2.02. The Hall–Kier alpha value is -0.805. The number of aromatic nitrogens is 2. The van der Waals surface area contributed by atoms with Crippen LogP contribution in [0.4, 0.5) is 0 Å². The molecule has 0 aromatic carbocycles. The van der Waals surface area contributed by atoms with Gasteiger partial charge < -0.3 is 9.31 Å². The third-order valence-electron chi connectivity index (χ3n) is 3.25. The van der Waals surface area contributed by atoms with Crippen LogP contribution in [0.2, 0.25) is 0 Å². The number of hydrogen-bond donors (Lipinski definition) is 0. The fourth-order valence-electron chi connectivity index (χ4n) is 1.54.